The van der Waals surface area contributed by atoms with Gasteiger partial charge in [0.1, 0.15) is 0 Å². The van der Waals surface area contributed by atoms with Gasteiger partial charge in [0.25, 0.3) is 5.91 Å². The Morgan fingerprint density at radius 1 is 1.44 bits per heavy atom. The number of anilines is 1. The summed E-state index contributed by atoms with van der Waals surface area (Å²) >= 11 is 1.48. The first-order chi connectivity index (χ1) is 8.72. The summed E-state index contributed by atoms with van der Waals surface area (Å²) in [5, 5.41) is 5.51. The molecule has 1 saturated carbocycles. The number of hydrogen-bond donors (Lipinski definition) is 1. The molecule has 0 saturated heterocycles. The maximum atomic E-state index is 11.9. The van der Waals surface area contributed by atoms with Crippen LogP contribution in [-0.2, 0) is 0 Å². The zero-order valence-corrected chi connectivity index (χ0v) is 10.8. The van der Waals surface area contributed by atoms with Crippen molar-refractivity contribution >= 4 is 22.4 Å². The first-order valence-corrected chi connectivity index (χ1v) is 6.80. The molecule has 4 nitrogen and oxygen atoms in total. The molecule has 5 heteroatoms. The van der Waals surface area contributed by atoms with Crippen molar-refractivity contribution < 1.29 is 4.79 Å². The van der Waals surface area contributed by atoms with E-state index in [2.05, 4.69) is 15.3 Å². The Morgan fingerprint density at radius 3 is 2.94 bits per heavy atom. The Kier molecular flexibility index (Phi) is 2.83. The van der Waals surface area contributed by atoms with E-state index < -0.39 is 0 Å². The lowest BCUT2D eigenvalue weighted by atomic mass is 10.2. The third kappa shape index (κ3) is 2.41. The van der Waals surface area contributed by atoms with Crippen molar-refractivity contribution in [3.05, 3.63) is 40.7 Å². The van der Waals surface area contributed by atoms with Gasteiger partial charge in [0.15, 0.2) is 5.13 Å². The lowest BCUT2D eigenvalue weighted by molar-refractivity contribution is 0.102. The quantitative estimate of drug-likeness (QED) is 0.922. The molecule has 18 heavy (non-hydrogen) atoms. The molecule has 0 radical (unpaired) electrons. The molecule has 1 fully saturated rings. The Bertz CT molecular complexity index is 572. The van der Waals surface area contributed by atoms with E-state index in [1.54, 1.807) is 12.3 Å². The molecule has 0 unspecified atom stereocenters. The highest BCUT2D eigenvalue weighted by Gasteiger charge is 2.26. The Balaban J connectivity index is 1.70. The SMILES string of the molecule is Cc1ccc(C(=O)Nc2nc(C3CC3)cs2)cn1. The second-order valence-electron chi connectivity index (χ2n) is 4.49. The number of nitrogens with one attached hydrogen (secondary N) is 1. The number of aromatic nitrogens is 2. The van der Waals surface area contributed by atoms with Crippen LogP contribution in [0.1, 0.15) is 40.5 Å². The van der Waals surface area contributed by atoms with Crippen molar-refractivity contribution in [1.29, 1.82) is 0 Å². The van der Waals surface area contributed by atoms with E-state index in [0.29, 0.717) is 16.6 Å². The van der Waals surface area contributed by atoms with E-state index in [1.807, 2.05) is 18.4 Å². The van der Waals surface area contributed by atoms with E-state index in [0.717, 1.165) is 11.4 Å². The van der Waals surface area contributed by atoms with Gasteiger partial charge >= 0.3 is 0 Å². The van der Waals surface area contributed by atoms with Crippen LogP contribution in [-0.4, -0.2) is 15.9 Å². The number of carbonyl (C=O) groups is 1. The predicted octanol–water partition coefficient (Wildman–Crippen LogP) is 2.98. The molecule has 0 atom stereocenters. The molecule has 1 aliphatic carbocycles. The highest BCUT2D eigenvalue weighted by atomic mass is 32.1. The largest absolute Gasteiger partial charge is 0.298 e. The van der Waals surface area contributed by atoms with Gasteiger partial charge in [0, 0.05) is 23.2 Å². The lowest BCUT2D eigenvalue weighted by Gasteiger charge is -2.01. The molecular formula is C13H13N3OS. The fourth-order valence-electron chi connectivity index (χ4n) is 1.68. The molecule has 2 aromatic heterocycles. The zero-order chi connectivity index (χ0) is 12.5. The fraction of sp³-hybridized carbons (Fsp3) is 0.308. The molecule has 3 rings (SSSR count). The van der Waals surface area contributed by atoms with Crippen LogP contribution in [0.5, 0.6) is 0 Å². The summed E-state index contributed by atoms with van der Waals surface area (Å²) in [4.78, 5) is 20.5. The van der Waals surface area contributed by atoms with Gasteiger partial charge in [-0.25, -0.2) is 4.98 Å². The van der Waals surface area contributed by atoms with Crippen molar-refractivity contribution in [3.63, 3.8) is 0 Å². The molecule has 0 bridgehead atoms. The van der Waals surface area contributed by atoms with Crippen LogP contribution < -0.4 is 5.32 Å². The molecule has 92 valence electrons. The summed E-state index contributed by atoms with van der Waals surface area (Å²) in [6.45, 7) is 1.89. The van der Waals surface area contributed by atoms with Crippen molar-refractivity contribution in [1.82, 2.24) is 9.97 Å². The van der Waals surface area contributed by atoms with Gasteiger partial charge in [-0.3, -0.25) is 15.1 Å². The molecule has 2 aromatic rings. The minimum absolute atomic E-state index is 0.154. The minimum atomic E-state index is -0.154. The summed E-state index contributed by atoms with van der Waals surface area (Å²) in [6, 6.07) is 3.60. The summed E-state index contributed by atoms with van der Waals surface area (Å²) < 4.78 is 0. The van der Waals surface area contributed by atoms with E-state index in [1.165, 1.54) is 24.2 Å². The highest BCUT2D eigenvalue weighted by Crippen LogP contribution is 2.40. The molecule has 2 heterocycles. The molecular weight excluding hydrogens is 246 g/mol. The van der Waals surface area contributed by atoms with Crippen LogP contribution in [0.3, 0.4) is 0 Å². The van der Waals surface area contributed by atoms with Crippen LogP contribution in [0.4, 0.5) is 5.13 Å². The standard InChI is InChI=1S/C13H13N3OS/c1-8-2-3-10(6-14-8)12(17)16-13-15-11(7-18-13)9-4-5-9/h2-3,6-7,9H,4-5H2,1H3,(H,15,16,17). The van der Waals surface area contributed by atoms with Gasteiger partial charge in [-0.1, -0.05) is 0 Å². The molecule has 1 N–H and O–H groups in total. The Morgan fingerprint density at radius 2 is 2.28 bits per heavy atom. The Hall–Kier alpha value is -1.75. The second-order valence-corrected chi connectivity index (χ2v) is 5.35. The minimum Gasteiger partial charge on any atom is -0.298 e. The summed E-state index contributed by atoms with van der Waals surface area (Å²) in [6.07, 6.45) is 4.03. The van der Waals surface area contributed by atoms with Crippen LogP contribution in [0, 0.1) is 6.92 Å². The highest BCUT2D eigenvalue weighted by molar-refractivity contribution is 7.14. The number of thiazole rings is 1. The van der Waals surface area contributed by atoms with Crippen molar-refractivity contribution in [2.24, 2.45) is 0 Å². The van der Waals surface area contributed by atoms with Crippen LogP contribution in [0.2, 0.25) is 0 Å². The van der Waals surface area contributed by atoms with Gasteiger partial charge in [-0.05, 0) is 31.9 Å². The number of carbonyl (C=O) groups excluding carboxylic acids is 1. The van der Waals surface area contributed by atoms with E-state index in [9.17, 15) is 4.79 Å². The van der Waals surface area contributed by atoms with Crippen LogP contribution >= 0.6 is 11.3 Å². The van der Waals surface area contributed by atoms with E-state index in [-0.39, 0.29) is 5.91 Å². The maximum Gasteiger partial charge on any atom is 0.259 e. The average molecular weight is 259 g/mol. The number of pyridine rings is 1. The van der Waals surface area contributed by atoms with Crippen LogP contribution in [0.15, 0.2) is 23.7 Å². The summed E-state index contributed by atoms with van der Waals surface area (Å²) in [5.41, 5.74) is 2.57. The smallest absolute Gasteiger partial charge is 0.259 e. The topological polar surface area (TPSA) is 54.9 Å². The second kappa shape index (κ2) is 4.49. The van der Waals surface area contributed by atoms with Crippen molar-refractivity contribution in [3.8, 4) is 0 Å². The molecule has 1 aliphatic rings. The lowest BCUT2D eigenvalue weighted by Crippen LogP contribution is -2.12. The summed E-state index contributed by atoms with van der Waals surface area (Å²) in [7, 11) is 0. The fourth-order valence-corrected chi connectivity index (χ4v) is 2.47. The third-order valence-electron chi connectivity index (χ3n) is 2.91. The van der Waals surface area contributed by atoms with E-state index in [4.69, 9.17) is 0 Å². The monoisotopic (exact) mass is 259 g/mol. The van der Waals surface area contributed by atoms with Gasteiger partial charge in [-0.15, -0.1) is 11.3 Å². The van der Waals surface area contributed by atoms with Crippen molar-refractivity contribution in [2.45, 2.75) is 25.7 Å². The molecule has 0 spiro atoms. The zero-order valence-electron chi connectivity index (χ0n) is 10.0. The number of aryl methyl sites for hydroxylation is 1. The van der Waals surface area contributed by atoms with Gasteiger partial charge in [0.2, 0.25) is 0 Å². The third-order valence-corrected chi connectivity index (χ3v) is 3.69. The number of amides is 1. The maximum absolute atomic E-state index is 11.9. The van der Waals surface area contributed by atoms with Gasteiger partial charge in [0.05, 0.1) is 11.3 Å². The van der Waals surface area contributed by atoms with Gasteiger partial charge < -0.3 is 0 Å². The number of hydrogen-bond acceptors (Lipinski definition) is 4. The molecule has 1 amide bonds. The normalized spacial score (nSPS) is 14.5. The van der Waals surface area contributed by atoms with Crippen LogP contribution in [0.25, 0.3) is 0 Å². The van der Waals surface area contributed by atoms with Crippen molar-refractivity contribution in [2.75, 3.05) is 5.32 Å². The Labute approximate surface area is 109 Å². The molecule has 0 aliphatic heterocycles. The predicted molar refractivity (Wildman–Crippen MR) is 71.0 cm³/mol. The first-order valence-electron chi connectivity index (χ1n) is 5.92. The van der Waals surface area contributed by atoms with E-state index >= 15 is 0 Å². The number of nitrogens with zero attached hydrogens (tertiary/aromatic N) is 2. The average Bonchev–Trinajstić information content (AvgIpc) is 3.11. The van der Waals surface area contributed by atoms with Gasteiger partial charge in [-0.2, -0.15) is 0 Å². The number of rotatable bonds is 3. The summed E-state index contributed by atoms with van der Waals surface area (Å²) in [5.74, 6) is 0.465. The first kappa shape index (κ1) is 11.3. The molecule has 0 aromatic carbocycles.